The van der Waals surface area contributed by atoms with E-state index in [1.54, 1.807) is 0 Å². The zero-order valence-corrected chi connectivity index (χ0v) is 22.7. The van der Waals surface area contributed by atoms with Gasteiger partial charge in [0.1, 0.15) is 0 Å². The van der Waals surface area contributed by atoms with Crippen molar-refractivity contribution in [1.29, 1.82) is 0 Å². The zero-order valence-electron chi connectivity index (χ0n) is 21.9. The van der Waals surface area contributed by atoms with Gasteiger partial charge in [-0.2, -0.15) is 0 Å². The number of carbonyl (C=O) groups excluding carboxylic acids is 1. The fourth-order valence-electron chi connectivity index (χ4n) is 4.02. The molecule has 1 aromatic rings. The van der Waals surface area contributed by atoms with Gasteiger partial charge in [0.2, 0.25) is 15.9 Å². The molecule has 0 heterocycles. The van der Waals surface area contributed by atoms with Gasteiger partial charge in [0.15, 0.2) is 0 Å². The molecule has 0 saturated carbocycles. The van der Waals surface area contributed by atoms with Crippen molar-refractivity contribution in [3.05, 3.63) is 28.8 Å². The van der Waals surface area contributed by atoms with Gasteiger partial charge in [0.25, 0.3) is 0 Å². The Labute approximate surface area is 212 Å². The van der Waals surface area contributed by atoms with Gasteiger partial charge in [-0.1, -0.05) is 24.1 Å². The Hall–Kier alpha value is -1.56. The summed E-state index contributed by atoms with van der Waals surface area (Å²) in [6.45, 7) is 11.1. The van der Waals surface area contributed by atoms with E-state index >= 15 is 0 Å². The van der Waals surface area contributed by atoms with Gasteiger partial charge in [-0.25, -0.2) is 13.1 Å². The number of hydrogen-bond donors (Lipinski definition) is 6. The summed E-state index contributed by atoms with van der Waals surface area (Å²) in [5.41, 5.74) is 14.0. The third-order valence-electron chi connectivity index (χ3n) is 5.79. The molecular weight excluding hydrogens is 464 g/mol. The SMILES string of the molecule is Cc1cc(C)c(S(=O)(=O)NCCCC[C@@H](N)C(=O)NCCCNCCCCNCCCN)c(C)c1. The van der Waals surface area contributed by atoms with Crippen LogP contribution in [0.5, 0.6) is 0 Å². The normalized spacial score (nSPS) is 12.6. The molecule has 1 rings (SSSR count). The first-order chi connectivity index (χ1) is 16.7. The van der Waals surface area contributed by atoms with E-state index < -0.39 is 16.1 Å². The van der Waals surface area contributed by atoms with Crippen molar-refractivity contribution in [3.8, 4) is 0 Å². The molecule has 0 aromatic heterocycles. The first-order valence-electron chi connectivity index (χ1n) is 12.9. The lowest BCUT2D eigenvalue weighted by atomic mass is 10.1. The van der Waals surface area contributed by atoms with Crippen LogP contribution in [0.25, 0.3) is 0 Å². The van der Waals surface area contributed by atoms with Gasteiger partial charge in [-0.05, 0) is 103 Å². The molecule has 35 heavy (non-hydrogen) atoms. The van der Waals surface area contributed by atoms with Crippen LogP contribution in [-0.2, 0) is 14.8 Å². The van der Waals surface area contributed by atoms with Crippen molar-refractivity contribution < 1.29 is 13.2 Å². The van der Waals surface area contributed by atoms with Crippen molar-refractivity contribution in [2.75, 3.05) is 45.8 Å². The van der Waals surface area contributed by atoms with Crippen molar-refractivity contribution in [2.24, 2.45) is 11.5 Å². The summed E-state index contributed by atoms with van der Waals surface area (Å²) in [5, 5.41) is 9.63. The van der Waals surface area contributed by atoms with Crippen LogP contribution < -0.4 is 32.1 Å². The Bertz CT molecular complexity index is 825. The molecule has 1 aromatic carbocycles. The van der Waals surface area contributed by atoms with Gasteiger partial charge >= 0.3 is 0 Å². The Kier molecular flexibility index (Phi) is 16.0. The van der Waals surface area contributed by atoms with E-state index in [1.807, 2.05) is 32.9 Å². The Morgan fingerprint density at radius 3 is 1.97 bits per heavy atom. The second-order valence-corrected chi connectivity index (χ2v) is 10.9. The predicted octanol–water partition coefficient (Wildman–Crippen LogP) is 1.20. The molecule has 1 atom stereocenters. The van der Waals surface area contributed by atoms with Crippen molar-refractivity contribution in [1.82, 2.24) is 20.7 Å². The number of hydrogen-bond acceptors (Lipinski definition) is 7. The molecule has 0 radical (unpaired) electrons. The summed E-state index contributed by atoms with van der Waals surface area (Å²) in [5.74, 6) is -0.153. The summed E-state index contributed by atoms with van der Waals surface area (Å²) >= 11 is 0. The molecule has 0 aliphatic carbocycles. The van der Waals surface area contributed by atoms with Crippen LogP contribution >= 0.6 is 0 Å². The van der Waals surface area contributed by atoms with E-state index in [-0.39, 0.29) is 5.91 Å². The quantitative estimate of drug-likeness (QED) is 0.144. The van der Waals surface area contributed by atoms with Crippen LogP contribution in [0.2, 0.25) is 0 Å². The molecular formula is C25H48N6O3S. The number of sulfonamides is 1. The maximum atomic E-state index is 12.7. The minimum atomic E-state index is -3.56. The maximum Gasteiger partial charge on any atom is 0.241 e. The Morgan fingerprint density at radius 1 is 0.829 bits per heavy atom. The fraction of sp³-hybridized carbons (Fsp3) is 0.720. The highest BCUT2D eigenvalue weighted by molar-refractivity contribution is 7.89. The lowest BCUT2D eigenvalue weighted by Gasteiger charge is -2.14. The van der Waals surface area contributed by atoms with Crippen molar-refractivity contribution >= 4 is 15.9 Å². The van der Waals surface area contributed by atoms with E-state index in [4.69, 9.17) is 11.5 Å². The molecule has 0 aliphatic heterocycles. The van der Waals surface area contributed by atoms with Crippen LogP contribution in [0.3, 0.4) is 0 Å². The molecule has 0 unspecified atom stereocenters. The van der Waals surface area contributed by atoms with Gasteiger partial charge in [0, 0.05) is 13.1 Å². The predicted molar refractivity (Wildman–Crippen MR) is 144 cm³/mol. The number of nitrogens with one attached hydrogen (secondary N) is 4. The standard InChI is InChI=1S/C25H48N6O3S/c1-20-18-21(2)24(22(3)19-20)35(33,34)31-17-5-4-10-23(27)25(32)30-16-9-15-29-13-7-6-12-28-14-8-11-26/h18-19,23,28-29,31H,4-17,26-27H2,1-3H3,(H,30,32)/t23-/m1/s1. The van der Waals surface area contributed by atoms with E-state index in [0.717, 1.165) is 75.1 Å². The van der Waals surface area contributed by atoms with Gasteiger partial charge in [-0.3, -0.25) is 4.79 Å². The average molecular weight is 513 g/mol. The third-order valence-corrected chi connectivity index (χ3v) is 7.55. The number of carbonyl (C=O) groups is 1. The first-order valence-corrected chi connectivity index (χ1v) is 14.4. The van der Waals surface area contributed by atoms with E-state index in [1.165, 1.54) is 0 Å². The zero-order chi connectivity index (χ0) is 26.1. The van der Waals surface area contributed by atoms with Gasteiger partial charge in [-0.15, -0.1) is 0 Å². The lowest BCUT2D eigenvalue weighted by molar-refractivity contribution is -0.122. The maximum absolute atomic E-state index is 12.7. The second kappa shape index (κ2) is 17.8. The molecule has 0 fully saturated rings. The van der Waals surface area contributed by atoms with Gasteiger partial charge in [0.05, 0.1) is 10.9 Å². The molecule has 202 valence electrons. The minimum absolute atomic E-state index is 0.153. The highest BCUT2D eigenvalue weighted by atomic mass is 32.2. The molecule has 8 N–H and O–H groups in total. The largest absolute Gasteiger partial charge is 0.355 e. The molecule has 10 heteroatoms. The highest BCUT2D eigenvalue weighted by Crippen LogP contribution is 2.21. The summed E-state index contributed by atoms with van der Waals surface area (Å²) in [7, 11) is -3.56. The highest BCUT2D eigenvalue weighted by Gasteiger charge is 2.19. The first kappa shape index (κ1) is 31.5. The summed E-state index contributed by atoms with van der Waals surface area (Å²) in [6.07, 6.45) is 5.94. The Balaban J connectivity index is 2.09. The minimum Gasteiger partial charge on any atom is -0.355 e. The number of nitrogens with two attached hydrogens (primary N) is 2. The topological polar surface area (TPSA) is 151 Å². The number of rotatable bonds is 20. The van der Waals surface area contributed by atoms with Crippen LogP contribution in [-0.4, -0.2) is 66.2 Å². The molecule has 9 nitrogen and oxygen atoms in total. The van der Waals surface area contributed by atoms with Gasteiger partial charge < -0.3 is 27.4 Å². The molecule has 0 spiro atoms. The molecule has 1 amide bonds. The molecule has 0 bridgehead atoms. The Morgan fingerprint density at radius 2 is 1.37 bits per heavy atom. The second-order valence-electron chi connectivity index (χ2n) is 9.22. The van der Waals surface area contributed by atoms with E-state index in [2.05, 4.69) is 20.7 Å². The summed E-state index contributed by atoms with van der Waals surface area (Å²) in [4.78, 5) is 12.5. The average Bonchev–Trinajstić information content (AvgIpc) is 2.78. The van der Waals surface area contributed by atoms with Crippen molar-refractivity contribution in [3.63, 3.8) is 0 Å². The van der Waals surface area contributed by atoms with Crippen LogP contribution in [0.15, 0.2) is 17.0 Å². The van der Waals surface area contributed by atoms with Crippen LogP contribution in [0.4, 0.5) is 0 Å². The van der Waals surface area contributed by atoms with Crippen molar-refractivity contribution in [2.45, 2.75) is 76.7 Å². The van der Waals surface area contributed by atoms with Crippen LogP contribution in [0, 0.1) is 20.8 Å². The number of aryl methyl sites for hydroxylation is 3. The molecule has 0 aliphatic rings. The van der Waals surface area contributed by atoms with E-state index in [9.17, 15) is 13.2 Å². The monoisotopic (exact) mass is 512 g/mol. The fourth-order valence-corrected chi connectivity index (χ4v) is 5.55. The van der Waals surface area contributed by atoms with E-state index in [0.29, 0.717) is 37.2 Å². The third kappa shape index (κ3) is 13.4. The summed E-state index contributed by atoms with van der Waals surface area (Å²) in [6, 6.07) is 3.17. The number of unbranched alkanes of at least 4 members (excludes halogenated alkanes) is 2. The van der Waals surface area contributed by atoms with Crippen LogP contribution in [0.1, 0.15) is 61.6 Å². The number of amides is 1. The lowest BCUT2D eigenvalue weighted by Crippen LogP contribution is -2.41. The smallest absolute Gasteiger partial charge is 0.241 e. The number of benzene rings is 1. The summed E-state index contributed by atoms with van der Waals surface area (Å²) < 4.78 is 28.0. The molecule has 0 saturated heterocycles.